The van der Waals surface area contributed by atoms with E-state index < -0.39 is 15.9 Å². The van der Waals surface area contributed by atoms with E-state index in [4.69, 9.17) is 5.73 Å². The van der Waals surface area contributed by atoms with Crippen molar-refractivity contribution < 1.29 is 13.2 Å². The van der Waals surface area contributed by atoms with Gasteiger partial charge in [-0.15, -0.1) is 0 Å². The van der Waals surface area contributed by atoms with Crippen LogP contribution in [-0.4, -0.2) is 42.2 Å². The van der Waals surface area contributed by atoms with Gasteiger partial charge in [-0.1, -0.05) is 0 Å². The summed E-state index contributed by atoms with van der Waals surface area (Å²) in [5.74, 6) is -0.451. The van der Waals surface area contributed by atoms with E-state index in [1.807, 2.05) is 0 Å². The molecule has 0 fully saturated rings. The topological polar surface area (TPSA) is 107 Å². The largest absolute Gasteiger partial charge is 0.349 e. The molecule has 18 heavy (non-hydrogen) atoms. The van der Waals surface area contributed by atoms with Crippen molar-refractivity contribution in [3.05, 3.63) is 18.0 Å². The first-order chi connectivity index (χ1) is 8.29. The molecule has 3 N–H and O–H groups in total. The summed E-state index contributed by atoms with van der Waals surface area (Å²) in [6, 6.07) is 0.968. The minimum atomic E-state index is -3.09. The summed E-state index contributed by atoms with van der Waals surface area (Å²) < 4.78 is 23.5. The maximum absolute atomic E-state index is 11.6. The minimum absolute atomic E-state index is 0.0900. The fourth-order valence-electron chi connectivity index (χ4n) is 1.36. The molecule has 0 aliphatic carbocycles. The molecule has 1 atom stereocenters. The quantitative estimate of drug-likeness (QED) is 0.677. The highest BCUT2D eigenvalue weighted by Gasteiger charge is 2.15. The molecule has 0 aliphatic rings. The molecule has 1 unspecified atom stereocenters. The Balaban J connectivity index is 2.39. The van der Waals surface area contributed by atoms with Crippen molar-refractivity contribution in [1.29, 1.82) is 0 Å². The van der Waals surface area contributed by atoms with Crippen molar-refractivity contribution in [2.24, 2.45) is 12.8 Å². The SMILES string of the molecule is Cn1nccc1CNC(=O)C(N)CCS(C)(=O)=O. The van der Waals surface area contributed by atoms with Crippen molar-refractivity contribution in [2.75, 3.05) is 12.0 Å². The predicted octanol–water partition coefficient (Wildman–Crippen LogP) is -1.20. The maximum atomic E-state index is 11.6. The van der Waals surface area contributed by atoms with E-state index >= 15 is 0 Å². The zero-order chi connectivity index (χ0) is 13.8. The van der Waals surface area contributed by atoms with Crippen molar-refractivity contribution in [2.45, 2.75) is 19.0 Å². The van der Waals surface area contributed by atoms with E-state index in [9.17, 15) is 13.2 Å². The standard InChI is InChI=1S/C10H18N4O3S/c1-14-8(3-5-13-14)7-12-10(15)9(11)4-6-18(2,16)17/h3,5,9H,4,6-7,11H2,1-2H3,(H,12,15). The Kier molecular flexibility index (Phi) is 4.85. The molecule has 1 aromatic heterocycles. The first-order valence-corrected chi connectivity index (χ1v) is 7.53. The molecular formula is C10H18N4O3S. The average molecular weight is 274 g/mol. The van der Waals surface area contributed by atoms with Gasteiger partial charge in [0.25, 0.3) is 0 Å². The number of carbonyl (C=O) groups is 1. The van der Waals surface area contributed by atoms with Crippen LogP contribution in [0, 0.1) is 0 Å². The van der Waals surface area contributed by atoms with Crippen LogP contribution in [0.4, 0.5) is 0 Å². The number of hydrogen-bond acceptors (Lipinski definition) is 5. The van der Waals surface area contributed by atoms with Crippen molar-refractivity contribution in [3.63, 3.8) is 0 Å². The molecule has 0 radical (unpaired) electrons. The van der Waals surface area contributed by atoms with Gasteiger partial charge in [0.05, 0.1) is 24.0 Å². The summed E-state index contributed by atoms with van der Waals surface area (Å²) in [7, 11) is -1.32. The third-order valence-electron chi connectivity index (χ3n) is 2.50. The number of hydrogen-bond donors (Lipinski definition) is 2. The zero-order valence-electron chi connectivity index (χ0n) is 10.5. The normalized spacial score (nSPS) is 13.3. The summed E-state index contributed by atoms with van der Waals surface area (Å²) in [6.07, 6.45) is 2.87. The first-order valence-electron chi connectivity index (χ1n) is 5.47. The van der Waals surface area contributed by atoms with E-state index in [2.05, 4.69) is 10.4 Å². The van der Waals surface area contributed by atoms with Gasteiger partial charge in [0.1, 0.15) is 9.84 Å². The van der Waals surface area contributed by atoms with Gasteiger partial charge in [0, 0.05) is 19.5 Å². The van der Waals surface area contributed by atoms with Crippen LogP contribution >= 0.6 is 0 Å². The van der Waals surface area contributed by atoms with Gasteiger partial charge in [-0.2, -0.15) is 5.10 Å². The number of nitrogens with one attached hydrogen (secondary N) is 1. The van der Waals surface area contributed by atoms with E-state index in [1.165, 1.54) is 0 Å². The molecule has 0 saturated carbocycles. The summed E-state index contributed by atoms with van der Waals surface area (Å²) in [5, 5.41) is 6.61. The Morgan fingerprint density at radius 2 is 2.28 bits per heavy atom. The second-order valence-corrected chi connectivity index (χ2v) is 6.45. The highest BCUT2D eigenvalue weighted by Crippen LogP contribution is 1.97. The third-order valence-corrected chi connectivity index (χ3v) is 3.48. The van der Waals surface area contributed by atoms with Gasteiger partial charge in [0.15, 0.2) is 0 Å². The molecule has 0 aliphatic heterocycles. The van der Waals surface area contributed by atoms with Crippen LogP contribution in [0.1, 0.15) is 12.1 Å². The molecule has 1 amide bonds. The van der Waals surface area contributed by atoms with Crippen LogP contribution in [0.5, 0.6) is 0 Å². The fraction of sp³-hybridized carbons (Fsp3) is 0.600. The van der Waals surface area contributed by atoms with Crippen LogP contribution in [0.2, 0.25) is 0 Å². The van der Waals surface area contributed by atoms with Crippen molar-refractivity contribution in [3.8, 4) is 0 Å². The Morgan fingerprint density at radius 3 is 2.78 bits per heavy atom. The van der Waals surface area contributed by atoms with E-state index in [0.717, 1.165) is 11.9 Å². The monoisotopic (exact) mass is 274 g/mol. The number of rotatable bonds is 6. The van der Waals surface area contributed by atoms with Crippen LogP contribution in [-0.2, 0) is 28.2 Å². The number of sulfone groups is 1. The van der Waals surface area contributed by atoms with Gasteiger partial charge < -0.3 is 11.1 Å². The predicted molar refractivity (Wildman–Crippen MR) is 67.4 cm³/mol. The van der Waals surface area contributed by atoms with Gasteiger partial charge in [-0.3, -0.25) is 9.48 Å². The molecule has 1 heterocycles. The Bertz CT molecular complexity index is 509. The third kappa shape index (κ3) is 4.84. The number of amides is 1. The molecule has 0 bridgehead atoms. The van der Waals surface area contributed by atoms with Crippen molar-refractivity contribution in [1.82, 2.24) is 15.1 Å². The lowest BCUT2D eigenvalue weighted by atomic mass is 10.2. The molecule has 7 nitrogen and oxygen atoms in total. The first kappa shape index (κ1) is 14.7. The van der Waals surface area contributed by atoms with Crippen LogP contribution in [0.15, 0.2) is 12.3 Å². The zero-order valence-corrected chi connectivity index (χ0v) is 11.3. The van der Waals surface area contributed by atoms with Gasteiger partial charge in [-0.25, -0.2) is 8.42 Å². The number of nitrogens with two attached hydrogens (primary N) is 1. The number of aryl methyl sites for hydroxylation is 1. The smallest absolute Gasteiger partial charge is 0.237 e. The van der Waals surface area contributed by atoms with Gasteiger partial charge >= 0.3 is 0 Å². The highest BCUT2D eigenvalue weighted by molar-refractivity contribution is 7.90. The summed E-state index contributed by atoms with van der Waals surface area (Å²) in [4.78, 5) is 11.6. The highest BCUT2D eigenvalue weighted by atomic mass is 32.2. The lowest BCUT2D eigenvalue weighted by Gasteiger charge is -2.11. The molecule has 8 heteroatoms. The molecule has 1 aromatic rings. The second kappa shape index (κ2) is 5.96. The number of nitrogens with zero attached hydrogens (tertiary/aromatic N) is 2. The average Bonchev–Trinajstić information content (AvgIpc) is 2.67. The molecule has 0 saturated heterocycles. The Morgan fingerprint density at radius 1 is 1.61 bits per heavy atom. The summed E-state index contributed by atoms with van der Waals surface area (Å²) in [6.45, 7) is 0.321. The summed E-state index contributed by atoms with van der Waals surface area (Å²) in [5.41, 5.74) is 6.45. The molecule has 102 valence electrons. The van der Waals surface area contributed by atoms with Crippen LogP contribution in [0.25, 0.3) is 0 Å². The Labute approximate surface area is 106 Å². The molecule has 0 aromatic carbocycles. The van der Waals surface area contributed by atoms with Crippen LogP contribution in [0.3, 0.4) is 0 Å². The lowest BCUT2D eigenvalue weighted by molar-refractivity contribution is -0.122. The van der Waals surface area contributed by atoms with E-state index in [1.54, 1.807) is 24.0 Å². The number of carbonyl (C=O) groups excluding carboxylic acids is 1. The molecular weight excluding hydrogens is 256 g/mol. The number of aromatic nitrogens is 2. The van der Waals surface area contributed by atoms with Crippen LogP contribution < -0.4 is 11.1 Å². The Hall–Kier alpha value is -1.41. The van der Waals surface area contributed by atoms with Crippen molar-refractivity contribution >= 4 is 15.7 Å². The molecule has 0 spiro atoms. The van der Waals surface area contributed by atoms with E-state index in [-0.39, 0.29) is 18.1 Å². The lowest BCUT2D eigenvalue weighted by Crippen LogP contribution is -2.41. The van der Waals surface area contributed by atoms with Gasteiger partial charge in [-0.05, 0) is 12.5 Å². The maximum Gasteiger partial charge on any atom is 0.237 e. The summed E-state index contributed by atoms with van der Waals surface area (Å²) >= 11 is 0. The van der Waals surface area contributed by atoms with E-state index in [0.29, 0.717) is 6.54 Å². The van der Waals surface area contributed by atoms with Gasteiger partial charge in [0.2, 0.25) is 5.91 Å². The fourth-order valence-corrected chi connectivity index (χ4v) is 2.04. The second-order valence-electron chi connectivity index (χ2n) is 4.19. The molecule has 1 rings (SSSR count). The minimum Gasteiger partial charge on any atom is -0.349 e.